The number of carboxylic acid groups (broad SMARTS) is 1. The number of nitrogens with one attached hydrogen (secondary N) is 1. The second kappa shape index (κ2) is 8.45. The zero-order valence-corrected chi connectivity index (χ0v) is 16.5. The Balaban J connectivity index is 1.59. The van der Waals surface area contributed by atoms with Crippen molar-refractivity contribution in [3.8, 4) is 0 Å². The van der Waals surface area contributed by atoms with Gasteiger partial charge in [0.15, 0.2) is 0 Å². The normalized spacial score (nSPS) is 13.4. The number of nitrogens with zero attached hydrogens (tertiary/aromatic N) is 1. The highest BCUT2D eigenvalue weighted by atomic mass is 32.1. The first kappa shape index (κ1) is 19.1. The lowest BCUT2D eigenvalue weighted by molar-refractivity contribution is 0.0696. The summed E-state index contributed by atoms with van der Waals surface area (Å²) in [6.45, 7) is 0.330. The van der Waals surface area contributed by atoms with Crippen molar-refractivity contribution in [1.29, 1.82) is 0 Å². The van der Waals surface area contributed by atoms with Gasteiger partial charge in [0.2, 0.25) is 0 Å². The summed E-state index contributed by atoms with van der Waals surface area (Å²) in [6.07, 6.45) is 7.31. The van der Waals surface area contributed by atoms with Gasteiger partial charge in [0.1, 0.15) is 10.8 Å². The number of benzene rings is 1. The number of aliphatic imine (C=N–C) groups is 1. The maximum atomic E-state index is 12.9. The van der Waals surface area contributed by atoms with Crippen LogP contribution in [0.1, 0.15) is 55.3 Å². The topological polar surface area (TPSA) is 91.9 Å². The van der Waals surface area contributed by atoms with Crippen molar-refractivity contribution in [3.63, 3.8) is 0 Å². The molecule has 0 bridgehead atoms. The molecule has 1 aromatic carbocycles. The third-order valence-electron chi connectivity index (χ3n) is 4.87. The van der Waals surface area contributed by atoms with Crippen molar-refractivity contribution in [3.05, 3.63) is 75.6 Å². The van der Waals surface area contributed by atoms with Gasteiger partial charge in [0.25, 0.3) is 5.91 Å². The number of hydrogen-bond acceptors (Lipinski definition) is 5. The van der Waals surface area contributed by atoms with Crippen LogP contribution in [0.5, 0.6) is 0 Å². The van der Waals surface area contributed by atoms with Gasteiger partial charge in [-0.25, -0.2) is 9.79 Å². The molecular formula is C22H20N2O4S. The lowest BCUT2D eigenvalue weighted by Gasteiger charge is -2.12. The van der Waals surface area contributed by atoms with Crippen LogP contribution in [0.25, 0.3) is 0 Å². The molecule has 1 aliphatic rings. The number of rotatable bonds is 6. The second-order valence-electron chi connectivity index (χ2n) is 6.84. The summed E-state index contributed by atoms with van der Waals surface area (Å²) in [5.41, 5.74) is 2.76. The molecule has 0 spiro atoms. The van der Waals surface area contributed by atoms with E-state index in [0.717, 1.165) is 36.8 Å². The van der Waals surface area contributed by atoms with Crippen LogP contribution in [0.3, 0.4) is 0 Å². The maximum absolute atomic E-state index is 12.9. The van der Waals surface area contributed by atoms with E-state index in [-0.39, 0.29) is 11.5 Å². The number of hydrogen-bond donors (Lipinski definition) is 2. The lowest BCUT2D eigenvalue weighted by Crippen LogP contribution is -2.23. The number of carbonyl (C=O) groups excluding carboxylic acids is 1. The molecule has 2 aromatic heterocycles. The Morgan fingerprint density at radius 3 is 2.69 bits per heavy atom. The van der Waals surface area contributed by atoms with Crippen molar-refractivity contribution in [1.82, 2.24) is 5.32 Å². The van der Waals surface area contributed by atoms with Crippen LogP contribution in [-0.4, -0.2) is 23.2 Å². The molecule has 1 aliphatic carbocycles. The highest BCUT2D eigenvalue weighted by Gasteiger charge is 2.25. The van der Waals surface area contributed by atoms with E-state index in [1.807, 2.05) is 6.07 Å². The molecule has 0 atom stereocenters. The van der Waals surface area contributed by atoms with Gasteiger partial charge in [-0.1, -0.05) is 12.1 Å². The first-order valence-electron chi connectivity index (χ1n) is 9.44. The minimum absolute atomic E-state index is 0.144. The Hall–Kier alpha value is -3.19. The fourth-order valence-corrected chi connectivity index (χ4v) is 4.62. The second-order valence-corrected chi connectivity index (χ2v) is 7.92. The molecule has 0 saturated heterocycles. The van der Waals surface area contributed by atoms with E-state index >= 15 is 0 Å². The molecule has 2 N–H and O–H groups in total. The summed E-state index contributed by atoms with van der Waals surface area (Å²) in [4.78, 5) is 29.7. The van der Waals surface area contributed by atoms with E-state index < -0.39 is 5.97 Å². The molecule has 29 heavy (non-hydrogen) atoms. The molecule has 0 radical (unpaired) electrons. The summed E-state index contributed by atoms with van der Waals surface area (Å²) in [7, 11) is 0. The first-order chi connectivity index (χ1) is 14.1. The molecule has 0 aliphatic heterocycles. The summed E-state index contributed by atoms with van der Waals surface area (Å²) < 4.78 is 5.29. The Morgan fingerprint density at radius 2 is 1.97 bits per heavy atom. The van der Waals surface area contributed by atoms with Crippen LogP contribution in [0.15, 0.2) is 52.1 Å². The van der Waals surface area contributed by atoms with Gasteiger partial charge in [-0.2, -0.15) is 0 Å². The summed E-state index contributed by atoms with van der Waals surface area (Å²) in [5.74, 6) is -0.407. The standard InChI is InChI=1S/C22H20N2O4S/c25-20(23-13-16-4-3-11-28-16)19-17-5-1-2-6-18(17)29-21(19)24-12-14-7-9-15(10-8-14)22(26)27/h3-4,7-12H,1-2,5-6,13H2,(H,23,25)(H,26,27). The smallest absolute Gasteiger partial charge is 0.335 e. The van der Waals surface area contributed by atoms with Gasteiger partial charge in [0, 0.05) is 11.1 Å². The largest absolute Gasteiger partial charge is 0.478 e. The van der Waals surface area contributed by atoms with Crippen LogP contribution in [0.2, 0.25) is 0 Å². The monoisotopic (exact) mass is 408 g/mol. The molecule has 0 saturated carbocycles. The highest BCUT2D eigenvalue weighted by Crippen LogP contribution is 2.39. The van der Waals surface area contributed by atoms with E-state index in [1.165, 1.54) is 4.88 Å². The zero-order chi connectivity index (χ0) is 20.2. The summed E-state index contributed by atoms with van der Waals surface area (Å²) in [6, 6.07) is 10.1. The van der Waals surface area contributed by atoms with Gasteiger partial charge >= 0.3 is 5.97 Å². The average Bonchev–Trinajstić information content (AvgIpc) is 3.38. The van der Waals surface area contributed by atoms with E-state index in [2.05, 4.69) is 10.3 Å². The van der Waals surface area contributed by atoms with E-state index in [9.17, 15) is 9.59 Å². The Labute approximate surface area is 171 Å². The van der Waals surface area contributed by atoms with Crippen LogP contribution in [-0.2, 0) is 19.4 Å². The van der Waals surface area contributed by atoms with E-state index in [0.29, 0.717) is 22.9 Å². The average molecular weight is 408 g/mol. The fraction of sp³-hybridized carbons (Fsp3) is 0.227. The van der Waals surface area contributed by atoms with Crippen molar-refractivity contribution in [2.75, 3.05) is 0 Å². The number of carbonyl (C=O) groups is 2. The lowest BCUT2D eigenvalue weighted by atomic mass is 9.95. The highest BCUT2D eigenvalue weighted by molar-refractivity contribution is 7.16. The number of thiophene rings is 1. The van der Waals surface area contributed by atoms with E-state index in [1.54, 1.807) is 54.1 Å². The number of aryl methyl sites for hydroxylation is 1. The molecule has 2 heterocycles. The predicted octanol–water partition coefficient (Wildman–Crippen LogP) is 4.60. The Kier molecular flexibility index (Phi) is 5.57. The molecule has 4 rings (SSSR count). The van der Waals surface area contributed by atoms with Crippen LogP contribution in [0, 0.1) is 0 Å². The SMILES string of the molecule is O=C(O)c1ccc(C=Nc2sc3c(c2C(=O)NCc2ccco2)CCCC3)cc1. The molecule has 0 fully saturated rings. The molecule has 0 unspecified atom stereocenters. The maximum Gasteiger partial charge on any atom is 0.335 e. The van der Waals surface area contributed by atoms with Crippen molar-refractivity contribution in [2.45, 2.75) is 32.2 Å². The van der Waals surface area contributed by atoms with Gasteiger partial charge in [-0.15, -0.1) is 11.3 Å². The van der Waals surface area contributed by atoms with Crippen LogP contribution >= 0.6 is 11.3 Å². The van der Waals surface area contributed by atoms with Crippen molar-refractivity contribution in [2.24, 2.45) is 4.99 Å². The third-order valence-corrected chi connectivity index (χ3v) is 6.07. The molecular weight excluding hydrogens is 388 g/mol. The molecule has 148 valence electrons. The Bertz CT molecular complexity index is 1050. The van der Waals surface area contributed by atoms with Gasteiger partial charge in [-0.3, -0.25) is 4.79 Å². The predicted molar refractivity (Wildman–Crippen MR) is 111 cm³/mol. The number of aromatic carboxylic acids is 1. The quantitative estimate of drug-likeness (QED) is 0.583. The number of carboxylic acids is 1. The first-order valence-corrected chi connectivity index (χ1v) is 10.3. The number of fused-ring (bicyclic) bond motifs is 1. The van der Waals surface area contributed by atoms with Crippen molar-refractivity contribution < 1.29 is 19.1 Å². The van der Waals surface area contributed by atoms with Gasteiger partial charge in [0.05, 0.1) is 23.9 Å². The van der Waals surface area contributed by atoms with Gasteiger partial charge < -0.3 is 14.8 Å². The molecule has 6 nitrogen and oxygen atoms in total. The number of amides is 1. The zero-order valence-electron chi connectivity index (χ0n) is 15.7. The molecule has 1 amide bonds. The van der Waals surface area contributed by atoms with Gasteiger partial charge in [-0.05, 0) is 61.1 Å². The minimum Gasteiger partial charge on any atom is -0.478 e. The van der Waals surface area contributed by atoms with Crippen LogP contribution in [0.4, 0.5) is 5.00 Å². The van der Waals surface area contributed by atoms with Crippen LogP contribution < -0.4 is 5.32 Å². The molecule has 3 aromatic rings. The third kappa shape index (κ3) is 4.30. The number of furan rings is 1. The van der Waals surface area contributed by atoms with Crippen molar-refractivity contribution >= 4 is 34.4 Å². The van der Waals surface area contributed by atoms with E-state index in [4.69, 9.17) is 9.52 Å². The fourth-order valence-electron chi connectivity index (χ4n) is 3.39. The summed E-state index contributed by atoms with van der Waals surface area (Å²) in [5, 5.41) is 12.6. The molecule has 7 heteroatoms. The minimum atomic E-state index is -0.963. The summed E-state index contributed by atoms with van der Waals surface area (Å²) >= 11 is 1.56. The Morgan fingerprint density at radius 1 is 1.17 bits per heavy atom.